The Labute approximate surface area is 171 Å². The maximum absolute atomic E-state index is 12.9. The molecule has 1 atom stereocenters. The van der Waals surface area contributed by atoms with Crippen molar-refractivity contribution < 1.29 is 9.59 Å². The zero-order chi connectivity index (χ0) is 19.4. The zero-order valence-corrected chi connectivity index (χ0v) is 17.7. The fraction of sp³-hybridized carbons (Fsp3) is 0.600. The van der Waals surface area contributed by atoms with Gasteiger partial charge in [0.05, 0.1) is 16.6 Å². The molecule has 1 aromatic carbocycles. The van der Waals surface area contributed by atoms with E-state index in [0.717, 1.165) is 30.8 Å². The number of carbonyl (C=O) groups is 2. The van der Waals surface area contributed by atoms with Crippen LogP contribution >= 0.6 is 23.4 Å². The molecular weight excluding hydrogens is 382 g/mol. The van der Waals surface area contributed by atoms with Gasteiger partial charge in [0, 0.05) is 44.2 Å². The molecule has 1 unspecified atom stereocenters. The monoisotopic (exact) mass is 409 g/mol. The summed E-state index contributed by atoms with van der Waals surface area (Å²) in [5, 5.41) is 0.494. The van der Waals surface area contributed by atoms with Crippen LogP contribution in [-0.4, -0.2) is 78.1 Å². The van der Waals surface area contributed by atoms with E-state index in [9.17, 15) is 9.59 Å². The Hall–Kier alpha value is -1.24. The number of benzene rings is 1. The number of amides is 2. The van der Waals surface area contributed by atoms with Gasteiger partial charge in [-0.2, -0.15) is 0 Å². The Morgan fingerprint density at radius 3 is 2.30 bits per heavy atom. The lowest BCUT2D eigenvalue weighted by atomic mass is 10.1. The first kappa shape index (κ1) is 20.5. The highest BCUT2D eigenvalue weighted by atomic mass is 35.5. The minimum atomic E-state index is -0.122. The number of piperazine rings is 1. The fourth-order valence-corrected chi connectivity index (χ4v) is 4.45. The van der Waals surface area contributed by atoms with Gasteiger partial charge in [-0.3, -0.25) is 14.5 Å². The van der Waals surface area contributed by atoms with E-state index in [0.29, 0.717) is 36.8 Å². The van der Waals surface area contributed by atoms with Crippen molar-refractivity contribution in [3.05, 3.63) is 28.8 Å². The molecule has 148 valence electrons. The topological polar surface area (TPSA) is 43.9 Å². The van der Waals surface area contributed by atoms with E-state index in [4.69, 9.17) is 11.6 Å². The molecular formula is C20H28ClN3O2S. The minimum absolute atomic E-state index is 0.0226. The number of nitrogens with zero attached hydrogens (tertiary/aromatic N) is 3. The summed E-state index contributed by atoms with van der Waals surface area (Å²) in [5.41, 5.74) is 0.564. The average Bonchev–Trinajstić information content (AvgIpc) is 2.73. The highest BCUT2D eigenvalue weighted by Gasteiger charge is 2.31. The number of piperidine rings is 1. The van der Waals surface area contributed by atoms with Crippen molar-refractivity contribution >= 4 is 35.2 Å². The van der Waals surface area contributed by atoms with E-state index < -0.39 is 0 Å². The molecule has 2 amide bonds. The van der Waals surface area contributed by atoms with Crippen LogP contribution in [0.5, 0.6) is 0 Å². The SMILES string of the molecule is CSc1ccc(Cl)c(C(=O)N2CCN(C(C)C(=O)N3CCCCC3)CC2)c1. The van der Waals surface area contributed by atoms with Gasteiger partial charge in [-0.1, -0.05) is 11.6 Å². The van der Waals surface area contributed by atoms with Gasteiger partial charge < -0.3 is 9.80 Å². The molecule has 1 aromatic rings. The van der Waals surface area contributed by atoms with E-state index in [1.54, 1.807) is 17.8 Å². The third kappa shape index (κ3) is 4.79. The Bertz CT molecular complexity index is 686. The molecule has 0 saturated carbocycles. The first-order valence-electron chi connectivity index (χ1n) is 9.67. The summed E-state index contributed by atoms with van der Waals surface area (Å²) in [7, 11) is 0. The maximum atomic E-state index is 12.9. The molecule has 0 bridgehead atoms. The molecule has 7 heteroatoms. The van der Waals surface area contributed by atoms with Gasteiger partial charge in [-0.25, -0.2) is 0 Å². The van der Waals surface area contributed by atoms with Crippen LogP contribution in [-0.2, 0) is 4.79 Å². The summed E-state index contributed by atoms with van der Waals surface area (Å²) in [6.07, 6.45) is 5.42. The van der Waals surface area contributed by atoms with E-state index in [-0.39, 0.29) is 17.9 Å². The molecule has 5 nitrogen and oxygen atoms in total. The number of likely N-dealkylation sites (tertiary alicyclic amines) is 1. The zero-order valence-electron chi connectivity index (χ0n) is 16.1. The molecule has 2 aliphatic rings. The summed E-state index contributed by atoms with van der Waals surface area (Å²) in [6.45, 7) is 6.43. The number of halogens is 1. The lowest BCUT2D eigenvalue weighted by molar-refractivity contribution is -0.137. The van der Waals surface area contributed by atoms with Crippen LogP contribution in [0.4, 0.5) is 0 Å². The van der Waals surface area contributed by atoms with Crippen molar-refractivity contribution in [1.29, 1.82) is 0 Å². The number of rotatable bonds is 4. The van der Waals surface area contributed by atoms with Crippen LogP contribution in [0.15, 0.2) is 23.1 Å². The van der Waals surface area contributed by atoms with Gasteiger partial charge in [0.25, 0.3) is 5.91 Å². The first-order chi connectivity index (χ1) is 13.0. The molecule has 27 heavy (non-hydrogen) atoms. The Balaban J connectivity index is 1.58. The lowest BCUT2D eigenvalue weighted by Crippen LogP contribution is -2.56. The van der Waals surface area contributed by atoms with Crippen molar-refractivity contribution in [3.63, 3.8) is 0 Å². The predicted octanol–water partition coefficient (Wildman–Crippen LogP) is 3.22. The normalized spacial score (nSPS) is 19.8. The molecule has 0 aliphatic carbocycles. The molecule has 0 N–H and O–H groups in total. The van der Waals surface area contributed by atoms with Crippen LogP contribution in [0.2, 0.25) is 5.02 Å². The average molecular weight is 410 g/mol. The van der Waals surface area contributed by atoms with Gasteiger partial charge >= 0.3 is 0 Å². The minimum Gasteiger partial charge on any atom is -0.341 e. The number of carbonyl (C=O) groups excluding carboxylic acids is 2. The summed E-state index contributed by atoms with van der Waals surface area (Å²) in [4.78, 5) is 32.7. The van der Waals surface area contributed by atoms with Gasteiger partial charge in [0.15, 0.2) is 0 Å². The number of hydrogen-bond acceptors (Lipinski definition) is 4. The number of thioether (sulfide) groups is 1. The van der Waals surface area contributed by atoms with E-state index in [1.165, 1.54) is 6.42 Å². The summed E-state index contributed by atoms with van der Waals surface area (Å²) < 4.78 is 0. The standard InChI is InChI=1S/C20H28ClN3O2S/c1-15(19(25)23-8-4-3-5-9-23)22-10-12-24(13-11-22)20(26)17-14-16(27-2)6-7-18(17)21/h6-7,14-15H,3-5,8-13H2,1-2H3. The third-order valence-electron chi connectivity index (χ3n) is 5.58. The van der Waals surface area contributed by atoms with E-state index in [1.807, 2.05) is 35.1 Å². The third-order valence-corrected chi connectivity index (χ3v) is 6.63. The lowest BCUT2D eigenvalue weighted by Gasteiger charge is -2.39. The quantitative estimate of drug-likeness (QED) is 0.716. The van der Waals surface area contributed by atoms with Crippen molar-refractivity contribution in [3.8, 4) is 0 Å². The van der Waals surface area contributed by atoms with Crippen LogP contribution < -0.4 is 0 Å². The molecule has 2 aliphatic heterocycles. The largest absolute Gasteiger partial charge is 0.341 e. The van der Waals surface area contributed by atoms with Gasteiger partial charge in [0.2, 0.25) is 5.91 Å². The van der Waals surface area contributed by atoms with Crippen LogP contribution in [0.3, 0.4) is 0 Å². The molecule has 0 radical (unpaired) electrons. The van der Waals surface area contributed by atoms with Crippen LogP contribution in [0, 0.1) is 0 Å². The molecule has 2 saturated heterocycles. The van der Waals surface area contributed by atoms with Gasteiger partial charge in [0.1, 0.15) is 0 Å². The van der Waals surface area contributed by atoms with Crippen molar-refractivity contribution in [2.75, 3.05) is 45.5 Å². The Morgan fingerprint density at radius 1 is 1.00 bits per heavy atom. The molecule has 2 heterocycles. The summed E-state index contributed by atoms with van der Waals surface area (Å²) in [5.74, 6) is 0.204. The van der Waals surface area contributed by atoms with E-state index in [2.05, 4.69) is 4.90 Å². The molecule has 3 rings (SSSR count). The summed E-state index contributed by atoms with van der Waals surface area (Å²) in [6, 6.07) is 5.46. The van der Waals surface area contributed by atoms with Crippen LogP contribution in [0.1, 0.15) is 36.5 Å². The molecule has 2 fully saturated rings. The highest BCUT2D eigenvalue weighted by Crippen LogP contribution is 2.25. The fourth-order valence-electron chi connectivity index (χ4n) is 3.81. The predicted molar refractivity (Wildman–Crippen MR) is 111 cm³/mol. The second-order valence-corrected chi connectivity index (χ2v) is 8.52. The van der Waals surface area contributed by atoms with Gasteiger partial charge in [-0.05, 0) is 50.6 Å². The van der Waals surface area contributed by atoms with Crippen molar-refractivity contribution in [1.82, 2.24) is 14.7 Å². The Kier molecular flexibility index (Phi) is 7.06. The smallest absolute Gasteiger partial charge is 0.255 e. The van der Waals surface area contributed by atoms with Crippen LogP contribution in [0.25, 0.3) is 0 Å². The molecule has 0 spiro atoms. The highest BCUT2D eigenvalue weighted by molar-refractivity contribution is 7.98. The van der Waals surface area contributed by atoms with Gasteiger partial charge in [-0.15, -0.1) is 11.8 Å². The summed E-state index contributed by atoms with van der Waals surface area (Å²) >= 11 is 7.85. The Morgan fingerprint density at radius 2 is 1.67 bits per heavy atom. The van der Waals surface area contributed by atoms with Crippen molar-refractivity contribution in [2.24, 2.45) is 0 Å². The second kappa shape index (κ2) is 9.30. The molecule has 0 aromatic heterocycles. The maximum Gasteiger partial charge on any atom is 0.255 e. The van der Waals surface area contributed by atoms with Crippen molar-refractivity contribution in [2.45, 2.75) is 37.1 Å². The number of hydrogen-bond donors (Lipinski definition) is 0. The second-order valence-electron chi connectivity index (χ2n) is 7.24. The first-order valence-corrected chi connectivity index (χ1v) is 11.3. The van der Waals surface area contributed by atoms with E-state index >= 15 is 0 Å².